The second-order valence-corrected chi connectivity index (χ2v) is 5.45. The number of aliphatic hydroxyl groups is 1. The van der Waals surface area contributed by atoms with Crippen molar-refractivity contribution in [3.8, 4) is 0 Å². The maximum atomic E-state index is 12.7. The number of halogens is 3. The van der Waals surface area contributed by atoms with Gasteiger partial charge in [-0.15, -0.1) is 0 Å². The zero-order valence-corrected chi connectivity index (χ0v) is 11.5. The molecule has 1 aliphatic rings. The molecular formula is C15H20F3NO. The van der Waals surface area contributed by atoms with Crippen LogP contribution < -0.4 is 0 Å². The van der Waals surface area contributed by atoms with Crippen molar-refractivity contribution in [3.63, 3.8) is 0 Å². The Morgan fingerprint density at radius 1 is 1.15 bits per heavy atom. The lowest BCUT2D eigenvalue weighted by molar-refractivity contribution is -0.182. The highest BCUT2D eigenvalue weighted by molar-refractivity contribution is 5.18. The van der Waals surface area contributed by atoms with E-state index in [1.165, 1.54) is 11.8 Å². The molecule has 2 nitrogen and oxygen atoms in total. The van der Waals surface area contributed by atoms with E-state index >= 15 is 0 Å². The van der Waals surface area contributed by atoms with E-state index in [-0.39, 0.29) is 5.92 Å². The molecule has 112 valence electrons. The molecule has 20 heavy (non-hydrogen) atoms. The van der Waals surface area contributed by atoms with Crippen molar-refractivity contribution in [2.75, 3.05) is 13.1 Å². The molecule has 0 amide bonds. The Kier molecular flexibility index (Phi) is 4.70. The van der Waals surface area contributed by atoms with Gasteiger partial charge in [-0.2, -0.15) is 13.2 Å². The predicted molar refractivity (Wildman–Crippen MR) is 71.2 cm³/mol. The summed E-state index contributed by atoms with van der Waals surface area (Å²) in [6, 6.07) is 7.91. The summed E-state index contributed by atoms with van der Waals surface area (Å²) in [6.45, 7) is 1.97. The van der Waals surface area contributed by atoms with E-state index in [9.17, 15) is 18.3 Å². The van der Waals surface area contributed by atoms with Crippen LogP contribution in [0.2, 0.25) is 0 Å². The molecule has 0 saturated carbocycles. The molecule has 2 rings (SSSR count). The van der Waals surface area contributed by atoms with Crippen LogP contribution in [0, 0.1) is 5.92 Å². The van der Waals surface area contributed by atoms with Gasteiger partial charge in [-0.25, -0.2) is 0 Å². The number of hydrogen-bond donors (Lipinski definition) is 1. The normalized spacial score (nSPS) is 21.6. The van der Waals surface area contributed by atoms with Gasteiger partial charge in [0, 0.05) is 0 Å². The Hall–Kier alpha value is -1.07. The van der Waals surface area contributed by atoms with Crippen LogP contribution in [0.4, 0.5) is 13.2 Å². The Labute approximate surface area is 117 Å². The Morgan fingerprint density at radius 3 is 2.20 bits per heavy atom. The average molecular weight is 287 g/mol. The van der Waals surface area contributed by atoms with Crippen molar-refractivity contribution < 1.29 is 18.3 Å². The summed E-state index contributed by atoms with van der Waals surface area (Å²) in [5.74, 6) is 0.0362. The van der Waals surface area contributed by atoms with E-state index in [2.05, 4.69) is 0 Å². The Bertz CT molecular complexity index is 413. The molecule has 1 aromatic carbocycles. The smallest absolute Gasteiger partial charge is 0.388 e. The van der Waals surface area contributed by atoms with E-state index in [4.69, 9.17) is 0 Å². The number of hydrogen-bond acceptors (Lipinski definition) is 2. The summed E-state index contributed by atoms with van der Waals surface area (Å²) >= 11 is 0. The Morgan fingerprint density at radius 2 is 1.70 bits per heavy atom. The molecule has 1 heterocycles. The van der Waals surface area contributed by atoms with Crippen molar-refractivity contribution in [2.45, 2.75) is 38.1 Å². The summed E-state index contributed by atoms with van der Waals surface area (Å²) in [5, 5.41) is 10.3. The molecular weight excluding hydrogens is 267 g/mol. The van der Waals surface area contributed by atoms with E-state index < -0.39 is 18.3 Å². The standard InChI is InChI=1S/C15H20F3NO/c1-11(15(16,17)18)19-9-7-13(8-10-19)14(20)12-5-3-2-4-6-12/h2-6,11,13-14,20H,7-10H2,1H3/t11-,14-/m0/s1. The number of nitrogens with zero attached hydrogens (tertiary/aromatic N) is 1. The van der Waals surface area contributed by atoms with Gasteiger partial charge in [0.1, 0.15) is 6.04 Å². The minimum absolute atomic E-state index is 0.0362. The fourth-order valence-electron chi connectivity index (χ4n) is 2.75. The second kappa shape index (κ2) is 6.14. The van der Waals surface area contributed by atoms with Crippen LogP contribution in [-0.4, -0.2) is 35.3 Å². The monoisotopic (exact) mass is 287 g/mol. The van der Waals surface area contributed by atoms with Gasteiger partial charge < -0.3 is 5.11 Å². The average Bonchev–Trinajstić information content (AvgIpc) is 2.46. The third kappa shape index (κ3) is 3.52. The van der Waals surface area contributed by atoms with Crippen LogP contribution in [-0.2, 0) is 0 Å². The van der Waals surface area contributed by atoms with Crippen LogP contribution >= 0.6 is 0 Å². The summed E-state index contributed by atoms with van der Waals surface area (Å²) in [7, 11) is 0. The highest BCUT2D eigenvalue weighted by Gasteiger charge is 2.41. The first-order valence-corrected chi connectivity index (χ1v) is 6.93. The van der Waals surface area contributed by atoms with Gasteiger partial charge in [-0.05, 0) is 44.3 Å². The van der Waals surface area contributed by atoms with Gasteiger partial charge in [-0.1, -0.05) is 30.3 Å². The summed E-state index contributed by atoms with van der Waals surface area (Å²) < 4.78 is 38.0. The van der Waals surface area contributed by atoms with E-state index in [1.54, 1.807) is 0 Å². The number of likely N-dealkylation sites (tertiary alicyclic amines) is 1. The second-order valence-electron chi connectivity index (χ2n) is 5.45. The summed E-state index contributed by atoms with van der Waals surface area (Å²) in [5.41, 5.74) is 0.842. The van der Waals surface area contributed by atoms with Crippen LogP contribution in [0.5, 0.6) is 0 Å². The van der Waals surface area contributed by atoms with Crippen LogP contribution in [0.1, 0.15) is 31.4 Å². The lowest BCUT2D eigenvalue weighted by Gasteiger charge is -2.38. The number of piperidine rings is 1. The molecule has 0 bridgehead atoms. The maximum absolute atomic E-state index is 12.7. The Balaban J connectivity index is 1.92. The first kappa shape index (κ1) is 15.3. The minimum Gasteiger partial charge on any atom is -0.388 e. The largest absolute Gasteiger partial charge is 0.403 e. The molecule has 0 unspecified atom stereocenters. The number of benzene rings is 1. The van der Waals surface area contributed by atoms with Gasteiger partial charge in [0.15, 0.2) is 0 Å². The van der Waals surface area contributed by atoms with E-state index in [0.29, 0.717) is 25.9 Å². The highest BCUT2D eigenvalue weighted by Crippen LogP contribution is 2.33. The van der Waals surface area contributed by atoms with Gasteiger partial charge in [-0.3, -0.25) is 4.90 Å². The molecule has 1 saturated heterocycles. The number of rotatable bonds is 3. The minimum atomic E-state index is -4.18. The molecule has 5 heteroatoms. The topological polar surface area (TPSA) is 23.5 Å². The number of aliphatic hydroxyl groups excluding tert-OH is 1. The molecule has 1 fully saturated rings. The van der Waals surface area contributed by atoms with Crippen LogP contribution in [0.25, 0.3) is 0 Å². The lowest BCUT2D eigenvalue weighted by atomic mass is 9.87. The van der Waals surface area contributed by atoms with Gasteiger partial charge in [0.25, 0.3) is 0 Å². The van der Waals surface area contributed by atoms with E-state index in [1.807, 2.05) is 30.3 Å². The molecule has 1 aromatic rings. The fourth-order valence-corrected chi connectivity index (χ4v) is 2.75. The first-order chi connectivity index (χ1) is 9.39. The van der Waals surface area contributed by atoms with Gasteiger partial charge in [0.2, 0.25) is 0 Å². The van der Waals surface area contributed by atoms with Crippen molar-refractivity contribution in [3.05, 3.63) is 35.9 Å². The summed E-state index contributed by atoms with van der Waals surface area (Å²) in [6.07, 6.45) is -3.57. The lowest BCUT2D eigenvalue weighted by Crippen LogP contribution is -2.47. The fraction of sp³-hybridized carbons (Fsp3) is 0.600. The third-order valence-electron chi connectivity index (χ3n) is 4.18. The predicted octanol–water partition coefficient (Wildman–Crippen LogP) is 3.38. The molecule has 0 aliphatic carbocycles. The van der Waals surface area contributed by atoms with Crippen LogP contribution in [0.3, 0.4) is 0 Å². The zero-order chi connectivity index (χ0) is 14.8. The molecule has 0 aromatic heterocycles. The number of alkyl halides is 3. The molecule has 2 atom stereocenters. The maximum Gasteiger partial charge on any atom is 0.403 e. The highest BCUT2D eigenvalue weighted by atomic mass is 19.4. The molecule has 1 N–H and O–H groups in total. The van der Waals surface area contributed by atoms with Crippen molar-refractivity contribution in [1.29, 1.82) is 0 Å². The van der Waals surface area contributed by atoms with Crippen LogP contribution in [0.15, 0.2) is 30.3 Å². The van der Waals surface area contributed by atoms with Crippen molar-refractivity contribution in [1.82, 2.24) is 4.90 Å². The molecule has 0 radical (unpaired) electrons. The SMILES string of the molecule is C[C@H](N1CCC([C@@H](O)c2ccccc2)CC1)C(F)(F)F. The quantitative estimate of drug-likeness (QED) is 0.921. The van der Waals surface area contributed by atoms with Gasteiger partial charge in [0.05, 0.1) is 6.10 Å². The van der Waals surface area contributed by atoms with Crippen molar-refractivity contribution in [2.24, 2.45) is 5.92 Å². The van der Waals surface area contributed by atoms with E-state index in [0.717, 1.165) is 5.56 Å². The zero-order valence-electron chi connectivity index (χ0n) is 11.5. The first-order valence-electron chi connectivity index (χ1n) is 6.93. The van der Waals surface area contributed by atoms with Gasteiger partial charge >= 0.3 is 6.18 Å². The summed E-state index contributed by atoms with van der Waals surface area (Å²) in [4.78, 5) is 1.45. The van der Waals surface area contributed by atoms with Crippen molar-refractivity contribution >= 4 is 0 Å². The molecule has 0 spiro atoms. The molecule has 1 aliphatic heterocycles. The third-order valence-corrected chi connectivity index (χ3v) is 4.18.